The third-order valence-electron chi connectivity index (χ3n) is 3.76. The van der Waals surface area contributed by atoms with Crippen molar-refractivity contribution in [1.29, 1.82) is 0 Å². The van der Waals surface area contributed by atoms with E-state index >= 15 is 0 Å². The van der Waals surface area contributed by atoms with Gasteiger partial charge in [0.25, 0.3) is 5.91 Å². The molecular formula is C19H19FN6OS. The van der Waals surface area contributed by atoms with Gasteiger partial charge >= 0.3 is 0 Å². The second-order valence-corrected chi connectivity index (χ2v) is 7.01. The number of hydrogen-bond donors (Lipinski definition) is 3. The minimum atomic E-state index is -0.414. The fraction of sp³-hybridized carbons (Fsp3) is 0.158. The summed E-state index contributed by atoms with van der Waals surface area (Å²) in [7, 11) is 0. The Morgan fingerprint density at radius 1 is 1.21 bits per heavy atom. The Balaban J connectivity index is 1.68. The third-order valence-corrected chi connectivity index (χ3v) is 4.56. The Morgan fingerprint density at radius 2 is 2.07 bits per heavy atom. The van der Waals surface area contributed by atoms with Crippen LogP contribution in [0.2, 0.25) is 0 Å². The monoisotopic (exact) mass is 398 g/mol. The molecule has 0 aliphatic rings. The number of anilines is 3. The van der Waals surface area contributed by atoms with Crippen molar-refractivity contribution < 1.29 is 9.18 Å². The zero-order chi connectivity index (χ0) is 19.9. The molecule has 0 fully saturated rings. The number of rotatable bonds is 7. The molecule has 0 saturated carbocycles. The van der Waals surface area contributed by atoms with Crippen molar-refractivity contribution in [3.05, 3.63) is 66.0 Å². The Bertz CT molecular complexity index is 967. The summed E-state index contributed by atoms with van der Waals surface area (Å²) in [6.45, 7) is 2.20. The zero-order valence-corrected chi connectivity index (χ0v) is 16.0. The topological polar surface area (TPSA) is 106 Å². The summed E-state index contributed by atoms with van der Waals surface area (Å²) in [6.07, 6.45) is 4.56. The average Bonchev–Trinajstić information content (AvgIpc) is 2.70. The maximum atomic E-state index is 14.1. The number of nitrogens with one attached hydrogen (secondary N) is 2. The summed E-state index contributed by atoms with van der Waals surface area (Å²) in [5.41, 5.74) is 7.40. The molecule has 0 aliphatic carbocycles. The second-order valence-electron chi connectivity index (χ2n) is 5.72. The van der Waals surface area contributed by atoms with E-state index in [2.05, 4.69) is 25.6 Å². The predicted molar refractivity (Wildman–Crippen MR) is 109 cm³/mol. The van der Waals surface area contributed by atoms with Gasteiger partial charge in [0.1, 0.15) is 22.4 Å². The third kappa shape index (κ3) is 4.95. The van der Waals surface area contributed by atoms with Crippen molar-refractivity contribution in [2.75, 3.05) is 22.1 Å². The maximum Gasteiger partial charge on any atom is 0.275 e. The number of pyridine rings is 1. The highest BCUT2D eigenvalue weighted by atomic mass is 32.2. The smallest absolute Gasteiger partial charge is 0.275 e. The molecule has 1 aromatic carbocycles. The van der Waals surface area contributed by atoms with Crippen LogP contribution in [0.4, 0.5) is 21.6 Å². The van der Waals surface area contributed by atoms with Crippen LogP contribution in [0.5, 0.6) is 0 Å². The van der Waals surface area contributed by atoms with Gasteiger partial charge in [-0.15, -0.1) is 11.8 Å². The van der Waals surface area contributed by atoms with Gasteiger partial charge in [0.2, 0.25) is 0 Å². The maximum absolute atomic E-state index is 14.1. The molecule has 0 unspecified atom stereocenters. The van der Waals surface area contributed by atoms with Crippen LogP contribution in [-0.2, 0) is 6.54 Å². The molecule has 28 heavy (non-hydrogen) atoms. The van der Waals surface area contributed by atoms with Gasteiger partial charge in [-0.25, -0.2) is 19.3 Å². The first-order valence-corrected chi connectivity index (χ1v) is 9.54. The Kier molecular flexibility index (Phi) is 6.38. The lowest BCUT2D eigenvalue weighted by Crippen LogP contribution is -2.14. The number of nitrogen functional groups attached to an aromatic ring is 1. The number of nitrogens with two attached hydrogens (primary N) is 1. The molecule has 3 rings (SSSR count). The second kappa shape index (κ2) is 9.14. The van der Waals surface area contributed by atoms with Gasteiger partial charge < -0.3 is 16.4 Å². The molecule has 0 bridgehead atoms. The molecule has 0 atom stereocenters. The first-order valence-electron chi connectivity index (χ1n) is 8.55. The summed E-state index contributed by atoms with van der Waals surface area (Å²) in [5, 5.41) is 6.50. The van der Waals surface area contributed by atoms with E-state index in [9.17, 15) is 9.18 Å². The molecule has 0 radical (unpaired) electrons. The van der Waals surface area contributed by atoms with Gasteiger partial charge in [0.05, 0.1) is 18.1 Å². The van der Waals surface area contributed by atoms with Crippen LogP contribution in [0.25, 0.3) is 0 Å². The minimum absolute atomic E-state index is 0.188. The number of hydrogen-bond acceptors (Lipinski definition) is 7. The van der Waals surface area contributed by atoms with Crippen LogP contribution < -0.4 is 16.4 Å². The molecular weight excluding hydrogens is 379 g/mol. The van der Waals surface area contributed by atoms with Crippen LogP contribution in [0.15, 0.2) is 53.9 Å². The number of carbonyl (C=O) groups excluding carboxylic acids is 1. The van der Waals surface area contributed by atoms with Crippen LogP contribution in [0.3, 0.4) is 0 Å². The first kappa shape index (κ1) is 19.6. The number of thioether (sulfide) groups is 1. The van der Waals surface area contributed by atoms with Crippen molar-refractivity contribution in [2.45, 2.75) is 18.5 Å². The van der Waals surface area contributed by atoms with E-state index < -0.39 is 11.7 Å². The normalized spacial score (nSPS) is 10.5. The molecule has 1 amide bonds. The van der Waals surface area contributed by atoms with E-state index in [-0.39, 0.29) is 12.2 Å². The lowest BCUT2D eigenvalue weighted by atomic mass is 10.1. The molecule has 4 N–H and O–H groups in total. The number of halogens is 1. The standard InChI is InChI=1S/C19H19FN6OS/c1-2-28-17-11-24-16(10-25-17)19(27)26-13-5-6-14(20)12(8-13)9-23-15-4-3-7-22-18(15)21/h3-8,10-11,23H,2,9H2,1H3,(H2,21,22)(H,26,27). The van der Waals surface area contributed by atoms with Gasteiger partial charge in [-0.3, -0.25) is 4.79 Å². The van der Waals surface area contributed by atoms with Crippen molar-refractivity contribution in [1.82, 2.24) is 15.0 Å². The quantitative estimate of drug-likeness (QED) is 0.522. The summed E-state index contributed by atoms with van der Waals surface area (Å²) >= 11 is 1.54. The number of carbonyl (C=O) groups is 1. The number of benzene rings is 1. The Hall–Kier alpha value is -3.20. The summed E-state index contributed by atoms with van der Waals surface area (Å²) in [5.74, 6) is 0.393. The van der Waals surface area contributed by atoms with E-state index in [4.69, 9.17) is 5.73 Å². The van der Waals surface area contributed by atoms with Crippen molar-refractivity contribution in [3.63, 3.8) is 0 Å². The minimum Gasteiger partial charge on any atom is -0.382 e. The van der Waals surface area contributed by atoms with Gasteiger partial charge in [-0.1, -0.05) is 6.92 Å². The van der Waals surface area contributed by atoms with Crippen LogP contribution >= 0.6 is 11.8 Å². The first-order chi connectivity index (χ1) is 13.6. The van der Waals surface area contributed by atoms with E-state index in [1.54, 1.807) is 42.4 Å². The van der Waals surface area contributed by atoms with Crippen molar-refractivity contribution in [3.8, 4) is 0 Å². The SMILES string of the molecule is CCSc1cnc(C(=O)Nc2ccc(F)c(CNc3cccnc3N)c2)cn1. The van der Waals surface area contributed by atoms with Crippen LogP contribution in [0.1, 0.15) is 23.0 Å². The van der Waals surface area contributed by atoms with E-state index in [0.29, 0.717) is 22.8 Å². The predicted octanol–water partition coefficient (Wildman–Crippen LogP) is 3.57. The largest absolute Gasteiger partial charge is 0.382 e. The highest BCUT2D eigenvalue weighted by Crippen LogP contribution is 2.20. The molecule has 3 aromatic rings. The number of nitrogens with zero attached hydrogens (tertiary/aromatic N) is 3. The average molecular weight is 398 g/mol. The van der Waals surface area contributed by atoms with Gasteiger partial charge in [-0.05, 0) is 36.1 Å². The molecule has 0 aliphatic heterocycles. The van der Waals surface area contributed by atoms with Gasteiger partial charge in [0, 0.05) is 24.0 Å². The summed E-state index contributed by atoms with van der Waals surface area (Å²) < 4.78 is 14.1. The van der Waals surface area contributed by atoms with Crippen molar-refractivity contribution in [2.24, 2.45) is 0 Å². The summed E-state index contributed by atoms with van der Waals surface area (Å²) in [6, 6.07) is 7.83. The molecule has 2 heterocycles. The Morgan fingerprint density at radius 3 is 2.79 bits per heavy atom. The van der Waals surface area contributed by atoms with Crippen LogP contribution in [0, 0.1) is 5.82 Å². The molecule has 9 heteroatoms. The molecule has 0 spiro atoms. The molecule has 0 saturated heterocycles. The van der Waals surface area contributed by atoms with E-state index in [1.807, 2.05) is 6.92 Å². The van der Waals surface area contributed by atoms with Crippen molar-refractivity contribution >= 4 is 34.9 Å². The number of amides is 1. The fourth-order valence-corrected chi connectivity index (χ4v) is 2.95. The lowest BCUT2D eigenvalue weighted by molar-refractivity contribution is 0.102. The van der Waals surface area contributed by atoms with E-state index in [0.717, 1.165) is 10.8 Å². The van der Waals surface area contributed by atoms with E-state index in [1.165, 1.54) is 18.3 Å². The lowest BCUT2D eigenvalue weighted by Gasteiger charge is -2.11. The molecule has 7 nitrogen and oxygen atoms in total. The highest BCUT2D eigenvalue weighted by molar-refractivity contribution is 7.99. The molecule has 2 aromatic heterocycles. The van der Waals surface area contributed by atoms with Crippen LogP contribution in [-0.4, -0.2) is 26.6 Å². The summed E-state index contributed by atoms with van der Waals surface area (Å²) in [4.78, 5) is 24.6. The fourth-order valence-electron chi connectivity index (χ4n) is 2.40. The number of aromatic nitrogens is 3. The highest BCUT2D eigenvalue weighted by Gasteiger charge is 2.11. The van der Waals surface area contributed by atoms with Gasteiger partial charge in [-0.2, -0.15) is 0 Å². The zero-order valence-electron chi connectivity index (χ0n) is 15.1. The van der Waals surface area contributed by atoms with Gasteiger partial charge in [0.15, 0.2) is 0 Å². The Labute approximate surface area is 166 Å². The molecule has 144 valence electrons.